The van der Waals surface area contributed by atoms with Crippen LogP contribution < -0.4 is 10.9 Å². The van der Waals surface area contributed by atoms with E-state index in [4.69, 9.17) is 4.74 Å². The van der Waals surface area contributed by atoms with Gasteiger partial charge in [0.05, 0.1) is 23.4 Å². The van der Waals surface area contributed by atoms with Crippen LogP contribution in [0.4, 0.5) is 5.69 Å². The molecule has 7 nitrogen and oxygen atoms in total. The van der Waals surface area contributed by atoms with Crippen LogP contribution >= 0.6 is 11.3 Å². The number of rotatable bonds is 6. The molecular weight excluding hydrogens is 426 g/mol. The van der Waals surface area contributed by atoms with Gasteiger partial charge in [0, 0.05) is 16.6 Å². The van der Waals surface area contributed by atoms with Gasteiger partial charge in [-0.05, 0) is 43.7 Å². The SMILES string of the molecule is CC(C)OC(=O)c1ccc(NC(=O)Cn2cnc3scc(-c4ccccc4)c3c2=O)cc1. The highest BCUT2D eigenvalue weighted by Gasteiger charge is 2.15. The number of nitrogens with zero attached hydrogens (tertiary/aromatic N) is 2. The second kappa shape index (κ2) is 9.15. The molecule has 0 bridgehead atoms. The van der Waals surface area contributed by atoms with Gasteiger partial charge in [-0.1, -0.05) is 30.3 Å². The van der Waals surface area contributed by atoms with Gasteiger partial charge in [-0.25, -0.2) is 9.78 Å². The molecular formula is C24H21N3O4S. The van der Waals surface area contributed by atoms with Crippen molar-refractivity contribution in [1.82, 2.24) is 9.55 Å². The smallest absolute Gasteiger partial charge is 0.338 e. The van der Waals surface area contributed by atoms with Crippen molar-refractivity contribution in [3.8, 4) is 11.1 Å². The molecule has 0 aliphatic rings. The van der Waals surface area contributed by atoms with Gasteiger partial charge >= 0.3 is 5.97 Å². The second-order valence-corrected chi connectivity index (χ2v) is 8.31. The van der Waals surface area contributed by atoms with E-state index in [9.17, 15) is 14.4 Å². The Balaban J connectivity index is 1.51. The fraction of sp³-hybridized carbons (Fsp3) is 0.167. The summed E-state index contributed by atoms with van der Waals surface area (Å²) < 4.78 is 6.45. The van der Waals surface area contributed by atoms with Gasteiger partial charge in [0.2, 0.25) is 5.91 Å². The van der Waals surface area contributed by atoms with Gasteiger partial charge in [-0.15, -0.1) is 11.3 Å². The molecule has 0 spiro atoms. The molecule has 162 valence electrons. The number of nitrogens with one attached hydrogen (secondary N) is 1. The topological polar surface area (TPSA) is 90.3 Å². The van der Waals surface area contributed by atoms with Crippen LogP contribution in [0.15, 0.2) is 71.1 Å². The van der Waals surface area contributed by atoms with Crippen LogP contribution in [0.2, 0.25) is 0 Å². The molecule has 32 heavy (non-hydrogen) atoms. The van der Waals surface area contributed by atoms with Crippen LogP contribution in [0.3, 0.4) is 0 Å². The predicted octanol–water partition coefficient (Wildman–Crippen LogP) is 4.33. The summed E-state index contributed by atoms with van der Waals surface area (Å²) in [6.07, 6.45) is 1.18. The first-order valence-corrected chi connectivity index (χ1v) is 10.9. The highest BCUT2D eigenvalue weighted by Crippen LogP contribution is 2.30. The summed E-state index contributed by atoms with van der Waals surface area (Å²) >= 11 is 1.40. The highest BCUT2D eigenvalue weighted by molar-refractivity contribution is 7.17. The lowest BCUT2D eigenvalue weighted by atomic mass is 10.1. The summed E-state index contributed by atoms with van der Waals surface area (Å²) in [5, 5.41) is 5.15. The maximum absolute atomic E-state index is 13.1. The molecule has 1 amide bonds. The van der Waals surface area contributed by atoms with E-state index in [-0.39, 0.29) is 24.1 Å². The lowest BCUT2D eigenvalue weighted by Crippen LogP contribution is -2.27. The summed E-state index contributed by atoms with van der Waals surface area (Å²) in [5.74, 6) is -0.795. The molecule has 0 fully saturated rings. The number of hydrogen-bond acceptors (Lipinski definition) is 6. The quantitative estimate of drug-likeness (QED) is 0.445. The number of fused-ring (bicyclic) bond motifs is 1. The van der Waals surface area contributed by atoms with Crippen LogP contribution in [-0.2, 0) is 16.1 Å². The molecule has 0 saturated carbocycles. The minimum atomic E-state index is -0.422. The fourth-order valence-corrected chi connectivity index (χ4v) is 4.14. The van der Waals surface area contributed by atoms with Gasteiger partial charge in [0.15, 0.2) is 0 Å². The van der Waals surface area contributed by atoms with E-state index in [0.29, 0.717) is 21.5 Å². The van der Waals surface area contributed by atoms with Crippen molar-refractivity contribution in [3.63, 3.8) is 0 Å². The number of ether oxygens (including phenoxy) is 1. The van der Waals surface area contributed by atoms with Crippen molar-refractivity contribution in [2.45, 2.75) is 26.5 Å². The van der Waals surface area contributed by atoms with Crippen LogP contribution in [-0.4, -0.2) is 27.5 Å². The molecule has 8 heteroatoms. The van der Waals surface area contributed by atoms with Crippen molar-refractivity contribution in [2.24, 2.45) is 0 Å². The first-order chi connectivity index (χ1) is 15.4. The number of esters is 1. The first-order valence-electron chi connectivity index (χ1n) is 10.1. The molecule has 1 N–H and O–H groups in total. The summed E-state index contributed by atoms with van der Waals surface area (Å²) in [7, 11) is 0. The van der Waals surface area contributed by atoms with E-state index in [2.05, 4.69) is 10.3 Å². The molecule has 0 unspecified atom stereocenters. The Hall–Kier alpha value is -3.78. The third-order valence-electron chi connectivity index (χ3n) is 4.71. The van der Waals surface area contributed by atoms with Crippen molar-refractivity contribution in [2.75, 3.05) is 5.32 Å². The number of carbonyl (C=O) groups is 2. The predicted molar refractivity (Wildman–Crippen MR) is 125 cm³/mol. The maximum Gasteiger partial charge on any atom is 0.338 e. The van der Waals surface area contributed by atoms with E-state index in [1.54, 1.807) is 38.1 Å². The molecule has 0 saturated heterocycles. The van der Waals surface area contributed by atoms with E-state index >= 15 is 0 Å². The van der Waals surface area contributed by atoms with Gasteiger partial charge in [0.25, 0.3) is 5.56 Å². The van der Waals surface area contributed by atoms with Gasteiger partial charge in [-0.3, -0.25) is 14.2 Å². The van der Waals surface area contributed by atoms with E-state index in [1.807, 2.05) is 35.7 Å². The normalized spacial score (nSPS) is 11.0. The standard InChI is InChI=1S/C24H21N3O4S/c1-15(2)31-24(30)17-8-10-18(11-9-17)26-20(28)12-27-14-25-22-21(23(27)29)19(13-32-22)16-6-4-3-5-7-16/h3-11,13-15H,12H2,1-2H3,(H,26,28). The van der Waals surface area contributed by atoms with Crippen LogP contribution in [0.1, 0.15) is 24.2 Å². The van der Waals surface area contributed by atoms with E-state index in [0.717, 1.165) is 11.1 Å². The Morgan fingerprint density at radius 1 is 1.09 bits per heavy atom. The number of thiophene rings is 1. The van der Waals surface area contributed by atoms with Crippen LogP contribution in [0.25, 0.3) is 21.3 Å². The zero-order chi connectivity index (χ0) is 22.7. The van der Waals surface area contributed by atoms with E-state index < -0.39 is 5.97 Å². The van der Waals surface area contributed by atoms with Crippen LogP contribution in [0, 0.1) is 0 Å². The molecule has 0 aliphatic heterocycles. The molecule has 2 aromatic carbocycles. The minimum Gasteiger partial charge on any atom is -0.459 e. The largest absolute Gasteiger partial charge is 0.459 e. The van der Waals surface area contributed by atoms with Gasteiger partial charge < -0.3 is 10.1 Å². The van der Waals surface area contributed by atoms with Crippen molar-refractivity contribution in [3.05, 3.63) is 82.2 Å². The highest BCUT2D eigenvalue weighted by atomic mass is 32.1. The Kier molecular flexibility index (Phi) is 6.13. The summed E-state index contributed by atoms with van der Waals surface area (Å²) in [5.41, 5.74) is 2.38. The number of carbonyl (C=O) groups excluding carboxylic acids is 2. The number of aromatic nitrogens is 2. The molecule has 0 radical (unpaired) electrons. The number of amides is 1. The second-order valence-electron chi connectivity index (χ2n) is 7.45. The Morgan fingerprint density at radius 3 is 2.50 bits per heavy atom. The lowest BCUT2D eigenvalue weighted by Gasteiger charge is -2.10. The fourth-order valence-electron chi connectivity index (χ4n) is 3.24. The number of hydrogen-bond donors (Lipinski definition) is 1. The third-order valence-corrected chi connectivity index (χ3v) is 5.59. The maximum atomic E-state index is 13.1. The van der Waals surface area contributed by atoms with Crippen LogP contribution in [0.5, 0.6) is 0 Å². The number of benzene rings is 2. The van der Waals surface area contributed by atoms with Gasteiger partial charge in [-0.2, -0.15) is 0 Å². The third kappa shape index (κ3) is 4.60. The molecule has 4 rings (SSSR count). The monoisotopic (exact) mass is 447 g/mol. The van der Waals surface area contributed by atoms with E-state index in [1.165, 1.54) is 22.2 Å². The van der Waals surface area contributed by atoms with Crippen molar-refractivity contribution < 1.29 is 14.3 Å². The molecule has 4 aromatic rings. The number of anilines is 1. The Bertz CT molecular complexity index is 1330. The van der Waals surface area contributed by atoms with Crippen molar-refractivity contribution >= 4 is 39.1 Å². The zero-order valence-corrected chi connectivity index (χ0v) is 18.4. The van der Waals surface area contributed by atoms with Crippen molar-refractivity contribution in [1.29, 1.82) is 0 Å². The summed E-state index contributed by atoms with van der Waals surface area (Å²) in [4.78, 5) is 42.5. The lowest BCUT2D eigenvalue weighted by molar-refractivity contribution is -0.116. The molecule has 2 heterocycles. The summed E-state index contributed by atoms with van der Waals surface area (Å²) in [6, 6.07) is 16.0. The minimum absolute atomic E-state index is 0.178. The molecule has 0 aliphatic carbocycles. The zero-order valence-electron chi connectivity index (χ0n) is 17.6. The Morgan fingerprint density at radius 2 is 1.81 bits per heavy atom. The molecule has 0 atom stereocenters. The van der Waals surface area contributed by atoms with Gasteiger partial charge in [0.1, 0.15) is 11.4 Å². The Labute approximate surface area is 188 Å². The first kappa shape index (κ1) is 21.5. The molecule has 2 aromatic heterocycles. The summed E-state index contributed by atoms with van der Waals surface area (Å²) in [6.45, 7) is 3.38. The average molecular weight is 448 g/mol. The average Bonchev–Trinajstić information content (AvgIpc) is 3.21.